The minimum Gasteiger partial charge on any atom is -0.480 e. The van der Waals surface area contributed by atoms with E-state index < -0.39 is 12.0 Å². The maximum atomic E-state index is 10.7. The van der Waals surface area contributed by atoms with Gasteiger partial charge in [-0.1, -0.05) is 30.3 Å². The zero-order chi connectivity index (χ0) is 13.2. The summed E-state index contributed by atoms with van der Waals surface area (Å²) >= 11 is 1.55. The molecule has 0 aromatic heterocycles. The highest BCUT2D eigenvalue weighted by molar-refractivity contribution is 7.99. The van der Waals surface area contributed by atoms with E-state index in [-0.39, 0.29) is 0 Å². The Morgan fingerprint density at radius 1 is 1.39 bits per heavy atom. The summed E-state index contributed by atoms with van der Waals surface area (Å²) in [6, 6.07) is 9.38. The number of aryl methyl sites for hydroxylation is 1. The SMILES string of the molecule is O=CNC(CSCCCc1ccccc1)C(=O)O. The van der Waals surface area contributed by atoms with E-state index >= 15 is 0 Å². The lowest BCUT2D eigenvalue weighted by molar-refractivity contribution is -0.139. The molecule has 1 aromatic carbocycles. The second kappa shape index (κ2) is 8.58. The van der Waals surface area contributed by atoms with E-state index in [4.69, 9.17) is 5.11 Å². The summed E-state index contributed by atoms with van der Waals surface area (Å²) in [6.45, 7) is 0. The highest BCUT2D eigenvalue weighted by Crippen LogP contribution is 2.09. The standard InChI is InChI=1S/C13H17NO3S/c15-10-14-12(13(16)17)9-18-8-4-7-11-5-2-1-3-6-11/h1-3,5-6,10,12H,4,7-9H2,(H,14,15)(H,16,17). The van der Waals surface area contributed by atoms with Gasteiger partial charge in [0, 0.05) is 5.75 Å². The van der Waals surface area contributed by atoms with Crippen molar-refractivity contribution < 1.29 is 14.7 Å². The molecule has 0 saturated heterocycles. The number of hydrogen-bond donors (Lipinski definition) is 2. The normalized spacial score (nSPS) is 11.8. The second-order valence-corrected chi connectivity index (χ2v) is 4.99. The van der Waals surface area contributed by atoms with Gasteiger partial charge in [0.15, 0.2) is 0 Å². The molecule has 98 valence electrons. The quantitative estimate of drug-likeness (QED) is 0.526. The van der Waals surface area contributed by atoms with Crippen LogP contribution in [0.3, 0.4) is 0 Å². The highest BCUT2D eigenvalue weighted by Gasteiger charge is 2.15. The van der Waals surface area contributed by atoms with Crippen LogP contribution in [0, 0.1) is 0 Å². The van der Waals surface area contributed by atoms with Crippen molar-refractivity contribution >= 4 is 24.1 Å². The van der Waals surface area contributed by atoms with Crippen LogP contribution >= 0.6 is 11.8 Å². The molecule has 1 rings (SSSR count). The summed E-state index contributed by atoms with van der Waals surface area (Å²) in [6.07, 6.45) is 2.43. The molecule has 18 heavy (non-hydrogen) atoms. The summed E-state index contributed by atoms with van der Waals surface area (Å²) in [4.78, 5) is 20.9. The van der Waals surface area contributed by atoms with Gasteiger partial charge in [-0.25, -0.2) is 4.79 Å². The molecule has 0 aliphatic rings. The number of carbonyl (C=O) groups is 2. The summed E-state index contributed by atoms with van der Waals surface area (Å²) in [5, 5.41) is 11.1. The van der Waals surface area contributed by atoms with Crippen molar-refractivity contribution in [2.24, 2.45) is 0 Å². The molecular weight excluding hydrogens is 250 g/mol. The molecule has 5 heteroatoms. The number of thioether (sulfide) groups is 1. The van der Waals surface area contributed by atoms with Crippen molar-refractivity contribution in [3.63, 3.8) is 0 Å². The molecule has 1 unspecified atom stereocenters. The first-order chi connectivity index (χ1) is 8.74. The van der Waals surface area contributed by atoms with Crippen molar-refractivity contribution in [3.05, 3.63) is 35.9 Å². The number of carboxylic acid groups (broad SMARTS) is 1. The van der Waals surface area contributed by atoms with Gasteiger partial charge in [0.1, 0.15) is 6.04 Å². The lowest BCUT2D eigenvalue weighted by atomic mass is 10.1. The van der Waals surface area contributed by atoms with Crippen molar-refractivity contribution in [3.8, 4) is 0 Å². The molecule has 0 radical (unpaired) electrons. The van der Waals surface area contributed by atoms with Gasteiger partial charge < -0.3 is 10.4 Å². The second-order valence-electron chi connectivity index (χ2n) is 3.84. The van der Waals surface area contributed by atoms with Gasteiger partial charge in [0.25, 0.3) is 0 Å². The van der Waals surface area contributed by atoms with Crippen LogP contribution in [0.5, 0.6) is 0 Å². The van der Waals surface area contributed by atoms with E-state index in [1.54, 1.807) is 11.8 Å². The number of carboxylic acids is 1. The van der Waals surface area contributed by atoms with Gasteiger partial charge in [-0.2, -0.15) is 11.8 Å². The minimum absolute atomic E-state index is 0.406. The summed E-state index contributed by atoms with van der Waals surface area (Å²) in [7, 11) is 0. The molecular formula is C13H17NO3S. The van der Waals surface area contributed by atoms with Gasteiger partial charge in [0.2, 0.25) is 6.41 Å². The van der Waals surface area contributed by atoms with E-state index in [0.29, 0.717) is 12.2 Å². The molecule has 1 amide bonds. The Morgan fingerprint density at radius 3 is 2.72 bits per heavy atom. The largest absolute Gasteiger partial charge is 0.480 e. The lowest BCUT2D eigenvalue weighted by Gasteiger charge is -2.10. The monoisotopic (exact) mass is 267 g/mol. The Balaban J connectivity index is 2.14. The maximum Gasteiger partial charge on any atom is 0.327 e. The zero-order valence-electron chi connectivity index (χ0n) is 10.0. The highest BCUT2D eigenvalue weighted by atomic mass is 32.2. The first-order valence-corrected chi connectivity index (χ1v) is 6.93. The minimum atomic E-state index is -0.988. The predicted molar refractivity (Wildman–Crippen MR) is 72.7 cm³/mol. The van der Waals surface area contributed by atoms with Crippen LogP contribution in [0.15, 0.2) is 30.3 Å². The average molecular weight is 267 g/mol. The van der Waals surface area contributed by atoms with Crippen LogP contribution in [0.25, 0.3) is 0 Å². The number of amides is 1. The maximum absolute atomic E-state index is 10.7. The number of hydrogen-bond acceptors (Lipinski definition) is 3. The first kappa shape index (κ1) is 14.6. The molecule has 0 aliphatic carbocycles. The van der Waals surface area contributed by atoms with Gasteiger partial charge in [-0.15, -0.1) is 0 Å². The van der Waals surface area contributed by atoms with E-state index in [1.165, 1.54) is 5.56 Å². The molecule has 1 aromatic rings. The van der Waals surface area contributed by atoms with Gasteiger partial charge in [-0.3, -0.25) is 4.79 Å². The van der Waals surface area contributed by atoms with Gasteiger partial charge >= 0.3 is 5.97 Å². The molecule has 0 bridgehead atoms. The van der Waals surface area contributed by atoms with Crippen molar-refractivity contribution in [1.29, 1.82) is 0 Å². The van der Waals surface area contributed by atoms with Crippen molar-refractivity contribution in [2.45, 2.75) is 18.9 Å². The first-order valence-electron chi connectivity index (χ1n) is 5.78. The Hall–Kier alpha value is -1.49. The molecule has 2 N–H and O–H groups in total. The van der Waals surface area contributed by atoms with Gasteiger partial charge in [0.05, 0.1) is 0 Å². The smallest absolute Gasteiger partial charge is 0.327 e. The lowest BCUT2D eigenvalue weighted by Crippen LogP contribution is -2.37. The van der Waals surface area contributed by atoms with Crippen LogP contribution in [0.4, 0.5) is 0 Å². The Labute approximate surface area is 111 Å². The van der Waals surface area contributed by atoms with Crippen molar-refractivity contribution in [2.75, 3.05) is 11.5 Å². The van der Waals surface area contributed by atoms with Gasteiger partial charge in [-0.05, 0) is 24.2 Å². The third-order valence-electron chi connectivity index (χ3n) is 2.45. The summed E-state index contributed by atoms with van der Waals surface area (Å²) in [5.41, 5.74) is 1.29. The van der Waals surface area contributed by atoms with Crippen LogP contribution in [0.1, 0.15) is 12.0 Å². The van der Waals surface area contributed by atoms with Crippen molar-refractivity contribution in [1.82, 2.24) is 5.32 Å². The third-order valence-corrected chi connectivity index (χ3v) is 3.60. The molecule has 0 fully saturated rings. The van der Waals surface area contributed by atoms with Crippen LogP contribution in [0.2, 0.25) is 0 Å². The Kier molecular flexibility index (Phi) is 6.94. The van der Waals surface area contributed by atoms with Crippen LogP contribution < -0.4 is 5.32 Å². The van der Waals surface area contributed by atoms with E-state index in [0.717, 1.165) is 18.6 Å². The van der Waals surface area contributed by atoms with E-state index in [9.17, 15) is 9.59 Å². The fraction of sp³-hybridized carbons (Fsp3) is 0.385. The number of benzene rings is 1. The number of nitrogens with one attached hydrogen (secondary N) is 1. The third kappa shape index (κ3) is 5.72. The average Bonchev–Trinajstić information content (AvgIpc) is 2.38. The van der Waals surface area contributed by atoms with E-state index in [1.807, 2.05) is 18.2 Å². The molecule has 0 spiro atoms. The number of aliphatic carboxylic acids is 1. The molecule has 0 saturated carbocycles. The Bertz CT molecular complexity index is 370. The predicted octanol–water partition coefficient (Wildman–Crippen LogP) is 1.55. The molecule has 0 heterocycles. The number of rotatable bonds is 9. The van der Waals surface area contributed by atoms with Crippen LogP contribution in [-0.2, 0) is 16.0 Å². The molecule has 1 atom stereocenters. The van der Waals surface area contributed by atoms with Crippen LogP contribution in [-0.4, -0.2) is 35.0 Å². The Morgan fingerprint density at radius 2 is 2.11 bits per heavy atom. The fourth-order valence-corrected chi connectivity index (χ4v) is 2.49. The summed E-state index contributed by atoms with van der Waals surface area (Å²) in [5.74, 6) is 0.305. The number of carbonyl (C=O) groups excluding carboxylic acids is 1. The fourth-order valence-electron chi connectivity index (χ4n) is 1.50. The topological polar surface area (TPSA) is 66.4 Å². The molecule has 0 aliphatic heterocycles. The molecule has 4 nitrogen and oxygen atoms in total. The zero-order valence-corrected chi connectivity index (χ0v) is 10.9. The summed E-state index contributed by atoms with van der Waals surface area (Å²) < 4.78 is 0. The van der Waals surface area contributed by atoms with E-state index in [2.05, 4.69) is 17.4 Å².